The third kappa shape index (κ3) is 5.39. The Hall–Kier alpha value is -2.21. The Bertz CT molecular complexity index is 643. The molecule has 1 heterocycles. The van der Waals surface area contributed by atoms with Crippen molar-refractivity contribution in [1.29, 1.82) is 0 Å². The summed E-state index contributed by atoms with van der Waals surface area (Å²) in [6.07, 6.45) is -0.450. The van der Waals surface area contributed by atoms with Gasteiger partial charge in [-0.25, -0.2) is 0 Å². The van der Waals surface area contributed by atoms with E-state index in [1.54, 1.807) is 0 Å². The van der Waals surface area contributed by atoms with E-state index in [0.717, 1.165) is 17.7 Å². The molecule has 2 aromatic rings. The average molecular weight is 340 g/mol. The minimum atomic E-state index is -0.450. The predicted molar refractivity (Wildman–Crippen MR) is 96.0 cm³/mol. The van der Waals surface area contributed by atoms with Gasteiger partial charge in [0.25, 0.3) is 5.91 Å². The first-order valence-corrected chi connectivity index (χ1v) is 8.62. The lowest BCUT2D eigenvalue weighted by Crippen LogP contribution is -2.49. The summed E-state index contributed by atoms with van der Waals surface area (Å²) < 4.78 is 11.4. The molecule has 0 saturated carbocycles. The Morgan fingerprint density at radius 3 is 2.56 bits per heavy atom. The average Bonchev–Trinajstić information content (AvgIpc) is 2.69. The van der Waals surface area contributed by atoms with E-state index in [-0.39, 0.29) is 11.9 Å². The van der Waals surface area contributed by atoms with Crippen molar-refractivity contribution in [3.63, 3.8) is 0 Å². The number of carbonyl (C=O) groups excluding carboxylic acids is 1. The summed E-state index contributed by atoms with van der Waals surface area (Å²) >= 11 is 0. The summed E-state index contributed by atoms with van der Waals surface area (Å²) in [7, 11) is 0. The molecule has 1 aliphatic heterocycles. The van der Waals surface area contributed by atoms with Crippen molar-refractivity contribution in [2.45, 2.75) is 18.8 Å². The monoisotopic (exact) mass is 340 g/mol. The molecular formula is C20H24N2O3. The Balaban J connectivity index is 1.60. The molecule has 3 rings (SSSR count). The molecule has 1 fully saturated rings. The van der Waals surface area contributed by atoms with Crippen LogP contribution in [0, 0.1) is 0 Å². The molecule has 5 heteroatoms. The molecule has 2 atom stereocenters. The molecule has 25 heavy (non-hydrogen) atoms. The maximum Gasteiger partial charge on any atom is 0.251 e. The Morgan fingerprint density at radius 2 is 1.88 bits per heavy atom. The Kier molecular flexibility index (Phi) is 6.56. The van der Waals surface area contributed by atoms with Crippen LogP contribution in [-0.2, 0) is 20.9 Å². The van der Waals surface area contributed by atoms with Crippen LogP contribution in [0.5, 0.6) is 0 Å². The molecule has 1 aliphatic rings. The van der Waals surface area contributed by atoms with Crippen LogP contribution >= 0.6 is 0 Å². The van der Waals surface area contributed by atoms with Crippen molar-refractivity contribution >= 4 is 5.91 Å². The van der Waals surface area contributed by atoms with Crippen molar-refractivity contribution in [3.05, 3.63) is 71.8 Å². The zero-order valence-corrected chi connectivity index (χ0v) is 14.2. The van der Waals surface area contributed by atoms with E-state index < -0.39 is 6.10 Å². The van der Waals surface area contributed by atoms with Crippen LogP contribution in [0.25, 0.3) is 0 Å². The minimum Gasteiger partial charge on any atom is -0.374 e. The fourth-order valence-corrected chi connectivity index (χ4v) is 2.77. The molecule has 5 nitrogen and oxygen atoms in total. The van der Waals surface area contributed by atoms with Crippen LogP contribution < -0.4 is 10.6 Å². The third-order valence-electron chi connectivity index (χ3n) is 4.13. The molecule has 0 spiro atoms. The third-order valence-corrected chi connectivity index (χ3v) is 4.13. The van der Waals surface area contributed by atoms with Gasteiger partial charge in [-0.3, -0.25) is 4.79 Å². The zero-order valence-electron chi connectivity index (χ0n) is 14.2. The van der Waals surface area contributed by atoms with Crippen LogP contribution in [0.2, 0.25) is 0 Å². The molecular weight excluding hydrogens is 316 g/mol. The van der Waals surface area contributed by atoms with Gasteiger partial charge in [0.05, 0.1) is 25.9 Å². The van der Waals surface area contributed by atoms with Crippen LogP contribution in [0.3, 0.4) is 0 Å². The number of benzene rings is 2. The minimum absolute atomic E-state index is 0.107. The van der Waals surface area contributed by atoms with Gasteiger partial charge in [-0.15, -0.1) is 0 Å². The van der Waals surface area contributed by atoms with Gasteiger partial charge in [0.15, 0.2) is 0 Å². The van der Waals surface area contributed by atoms with Gasteiger partial charge < -0.3 is 20.1 Å². The van der Waals surface area contributed by atoms with Crippen molar-refractivity contribution in [2.24, 2.45) is 0 Å². The van der Waals surface area contributed by atoms with E-state index >= 15 is 0 Å². The van der Waals surface area contributed by atoms with E-state index in [1.165, 1.54) is 0 Å². The van der Waals surface area contributed by atoms with Crippen LogP contribution in [-0.4, -0.2) is 38.3 Å². The van der Waals surface area contributed by atoms with Crippen LogP contribution in [0.4, 0.5) is 0 Å². The van der Waals surface area contributed by atoms with E-state index in [4.69, 9.17) is 9.47 Å². The fourth-order valence-electron chi connectivity index (χ4n) is 2.77. The summed E-state index contributed by atoms with van der Waals surface area (Å²) in [5.74, 6) is -0.107. The van der Waals surface area contributed by atoms with Gasteiger partial charge >= 0.3 is 0 Å². The Morgan fingerprint density at radius 1 is 1.16 bits per heavy atom. The number of amides is 1. The van der Waals surface area contributed by atoms with Gasteiger partial charge in [-0.2, -0.15) is 0 Å². The number of morpholine rings is 1. The highest BCUT2D eigenvalue weighted by molar-refractivity contribution is 5.81. The molecule has 0 aliphatic carbocycles. The summed E-state index contributed by atoms with van der Waals surface area (Å²) in [5, 5.41) is 6.24. The topological polar surface area (TPSA) is 59.6 Å². The molecule has 0 aromatic heterocycles. The lowest BCUT2D eigenvalue weighted by Gasteiger charge is -2.26. The van der Waals surface area contributed by atoms with E-state index in [1.807, 2.05) is 60.7 Å². The summed E-state index contributed by atoms with van der Waals surface area (Å²) in [5.41, 5.74) is 2.13. The summed E-state index contributed by atoms with van der Waals surface area (Å²) in [6.45, 7) is 2.80. The molecule has 132 valence electrons. The van der Waals surface area contributed by atoms with Crippen LogP contribution in [0.15, 0.2) is 60.7 Å². The first-order valence-electron chi connectivity index (χ1n) is 8.62. The van der Waals surface area contributed by atoms with E-state index in [2.05, 4.69) is 10.6 Å². The van der Waals surface area contributed by atoms with Crippen molar-refractivity contribution < 1.29 is 14.3 Å². The fraction of sp³-hybridized carbons (Fsp3) is 0.350. The van der Waals surface area contributed by atoms with Gasteiger partial charge in [-0.1, -0.05) is 60.7 Å². The van der Waals surface area contributed by atoms with Gasteiger partial charge in [-0.05, 0) is 11.1 Å². The number of carbonyl (C=O) groups is 1. The largest absolute Gasteiger partial charge is 0.374 e. The van der Waals surface area contributed by atoms with E-state index in [9.17, 15) is 4.79 Å². The van der Waals surface area contributed by atoms with E-state index in [0.29, 0.717) is 26.4 Å². The first kappa shape index (κ1) is 17.6. The summed E-state index contributed by atoms with van der Waals surface area (Å²) in [6, 6.07) is 19.7. The van der Waals surface area contributed by atoms with Crippen molar-refractivity contribution in [2.75, 3.05) is 26.3 Å². The number of nitrogens with one attached hydrogen (secondary N) is 2. The molecule has 2 aromatic carbocycles. The maximum absolute atomic E-state index is 12.5. The molecule has 0 radical (unpaired) electrons. The van der Waals surface area contributed by atoms with Gasteiger partial charge in [0, 0.05) is 13.1 Å². The second kappa shape index (κ2) is 9.32. The lowest BCUT2D eigenvalue weighted by atomic mass is 10.1. The highest BCUT2D eigenvalue weighted by Gasteiger charge is 2.24. The quantitative estimate of drug-likeness (QED) is 0.810. The maximum atomic E-state index is 12.5. The van der Waals surface area contributed by atoms with Crippen molar-refractivity contribution in [3.8, 4) is 0 Å². The predicted octanol–water partition coefficient (Wildman–Crippen LogP) is 2.05. The Labute approximate surface area is 148 Å². The second-order valence-electron chi connectivity index (χ2n) is 6.04. The van der Waals surface area contributed by atoms with Crippen LogP contribution in [0.1, 0.15) is 17.2 Å². The number of hydrogen-bond acceptors (Lipinski definition) is 4. The number of ether oxygens (including phenoxy) is 2. The van der Waals surface area contributed by atoms with Crippen molar-refractivity contribution in [1.82, 2.24) is 10.6 Å². The molecule has 0 unspecified atom stereocenters. The molecule has 1 amide bonds. The normalized spacial score (nSPS) is 18.5. The zero-order chi connectivity index (χ0) is 17.3. The molecule has 0 bridgehead atoms. The van der Waals surface area contributed by atoms with Gasteiger partial charge in [0.1, 0.15) is 6.10 Å². The highest BCUT2D eigenvalue weighted by atomic mass is 16.5. The molecule has 1 saturated heterocycles. The second-order valence-corrected chi connectivity index (χ2v) is 6.04. The number of hydrogen-bond donors (Lipinski definition) is 2. The smallest absolute Gasteiger partial charge is 0.251 e. The molecule has 2 N–H and O–H groups in total. The van der Waals surface area contributed by atoms with Gasteiger partial charge in [0.2, 0.25) is 0 Å². The summed E-state index contributed by atoms with van der Waals surface area (Å²) in [4.78, 5) is 12.5. The lowest BCUT2D eigenvalue weighted by molar-refractivity contribution is -0.135. The SMILES string of the molecule is O=C(N[C@@H](COCc1ccccc1)c1ccccc1)[C@@H]1CNCCO1. The highest BCUT2D eigenvalue weighted by Crippen LogP contribution is 2.15. The first-order chi connectivity index (χ1) is 12.3. The standard InChI is InChI=1S/C20H24N2O3/c23-20(19-13-21-11-12-25-19)22-18(17-9-5-2-6-10-17)15-24-14-16-7-3-1-4-8-16/h1-10,18-19,21H,11-15H2,(H,22,23)/t18-,19-/m0/s1. The number of rotatable bonds is 7.